The van der Waals surface area contributed by atoms with Crippen LogP contribution in [0.3, 0.4) is 0 Å². The van der Waals surface area contributed by atoms with Crippen molar-refractivity contribution in [1.82, 2.24) is 0 Å². The Bertz CT molecular complexity index is 251. The highest BCUT2D eigenvalue weighted by Crippen LogP contribution is 2.67. The standard InChI is InChI=1S/C12H21NO/c1-11(2)9(10(11)13)12-5-3-4-8(12)14-7-6-12/h8-10H,3-7,13H2,1-2H3/t8-,9-,10-,12?/m1/s1. The van der Waals surface area contributed by atoms with Crippen molar-refractivity contribution in [2.75, 3.05) is 6.61 Å². The summed E-state index contributed by atoms with van der Waals surface area (Å²) in [5.74, 6) is 0.727. The van der Waals surface area contributed by atoms with Crippen LogP contribution in [0.2, 0.25) is 0 Å². The summed E-state index contributed by atoms with van der Waals surface area (Å²) in [6.07, 6.45) is 5.79. The summed E-state index contributed by atoms with van der Waals surface area (Å²) in [5.41, 5.74) is 7.07. The molecule has 2 aliphatic carbocycles. The molecule has 2 heteroatoms. The minimum absolute atomic E-state index is 0.371. The van der Waals surface area contributed by atoms with Crippen molar-refractivity contribution < 1.29 is 4.74 Å². The summed E-state index contributed by atoms with van der Waals surface area (Å²) in [6, 6.07) is 0.421. The van der Waals surface area contributed by atoms with Crippen LogP contribution in [-0.2, 0) is 4.74 Å². The van der Waals surface area contributed by atoms with Gasteiger partial charge in [0.15, 0.2) is 0 Å². The molecule has 2 N–H and O–H groups in total. The Labute approximate surface area is 86.2 Å². The molecule has 3 fully saturated rings. The van der Waals surface area contributed by atoms with Crippen LogP contribution < -0.4 is 5.73 Å². The molecule has 2 saturated carbocycles. The lowest BCUT2D eigenvalue weighted by atomic mass is 9.75. The highest BCUT2D eigenvalue weighted by atomic mass is 16.5. The van der Waals surface area contributed by atoms with Crippen LogP contribution in [0.5, 0.6) is 0 Å². The molecule has 0 spiro atoms. The average Bonchev–Trinajstić information content (AvgIpc) is 2.54. The van der Waals surface area contributed by atoms with E-state index in [-0.39, 0.29) is 0 Å². The molecular formula is C12H21NO. The molecular weight excluding hydrogens is 174 g/mol. The molecule has 1 aliphatic heterocycles. The summed E-state index contributed by atoms with van der Waals surface area (Å²) in [6.45, 7) is 5.62. The van der Waals surface area contributed by atoms with Crippen molar-refractivity contribution >= 4 is 0 Å². The van der Waals surface area contributed by atoms with Gasteiger partial charge in [-0.1, -0.05) is 20.3 Å². The van der Waals surface area contributed by atoms with Gasteiger partial charge in [-0.25, -0.2) is 0 Å². The molecule has 0 bridgehead atoms. The first-order chi connectivity index (χ1) is 6.59. The number of nitrogens with two attached hydrogens (primary N) is 1. The number of ether oxygens (including phenoxy) is 1. The van der Waals surface area contributed by atoms with Gasteiger partial charge in [-0.3, -0.25) is 0 Å². The first-order valence-electron chi connectivity index (χ1n) is 5.96. The number of hydrogen-bond acceptors (Lipinski definition) is 2. The molecule has 0 amide bonds. The summed E-state index contributed by atoms with van der Waals surface area (Å²) in [7, 11) is 0. The van der Waals surface area contributed by atoms with E-state index in [1.54, 1.807) is 0 Å². The lowest BCUT2D eigenvalue weighted by Crippen LogP contribution is -2.31. The maximum Gasteiger partial charge on any atom is 0.0635 e. The van der Waals surface area contributed by atoms with Gasteiger partial charge in [0.25, 0.3) is 0 Å². The molecule has 14 heavy (non-hydrogen) atoms. The lowest BCUT2D eigenvalue weighted by molar-refractivity contribution is 0.0538. The van der Waals surface area contributed by atoms with Crippen LogP contribution >= 0.6 is 0 Å². The quantitative estimate of drug-likeness (QED) is 0.694. The van der Waals surface area contributed by atoms with E-state index >= 15 is 0 Å². The molecule has 1 saturated heterocycles. The average molecular weight is 195 g/mol. The lowest BCUT2D eigenvalue weighted by Gasteiger charge is -2.29. The van der Waals surface area contributed by atoms with Crippen molar-refractivity contribution in [2.24, 2.45) is 22.5 Å². The predicted octanol–water partition coefficient (Wildman–Crippen LogP) is 1.93. The summed E-state index contributed by atoms with van der Waals surface area (Å²) in [5, 5.41) is 0. The van der Waals surface area contributed by atoms with Crippen LogP contribution in [-0.4, -0.2) is 18.8 Å². The second kappa shape index (κ2) is 2.53. The van der Waals surface area contributed by atoms with Crippen molar-refractivity contribution in [1.29, 1.82) is 0 Å². The van der Waals surface area contributed by atoms with Gasteiger partial charge in [-0.05, 0) is 30.6 Å². The van der Waals surface area contributed by atoms with Gasteiger partial charge >= 0.3 is 0 Å². The number of rotatable bonds is 1. The Kier molecular flexibility index (Phi) is 1.66. The smallest absolute Gasteiger partial charge is 0.0635 e. The Morgan fingerprint density at radius 3 is 2.64 bits per heavy atom. The first kappa shape index (κ1) is 9.17. The van der Waals surface area contributed by atoms with Crippen molar-refractivity contribution in [3.63, 3.8) is 0 Å². The van der Waals surface area contributed by atoms with Crippen LogP contribution in [0.1, 0.15) is 39.5 Å². The van der Waals surface area contributed by atoms with Crippen molar-refractivity contribution in [2.45, 2.75) is 51.7 Å². The third-order valence-corrected chi connectivity index (χ3v) is 5.17. The van der Waals surface area contributed by atoms with E-state index < -0.39 is 0 Å². The van der Waals surface area contributed by atoms with Gasteiger partial charge in [-0.15, -0.1) is 0 Å². The highest BCUT2D eigenvalue weighted by molar-refractivity contribution is 5.20. The molecule has 3 aliphatic rings. The maximum absolute atomic E-state index is 6.22. The topological polar surface area (TPSA) is 35.2 Å². The van der Waals surface area contributed by atoms with Crippen LogP contribution in [0.4, 0.5) is 0 Å². The zero-order chi connectivity index (χ0) is 9.97. The summed E-state index contributed by atoms with van der Waals surface area (Å²) in [4.78, 5) is 0. The molecule has 0 aromatic carbocycles. The Morgan fingerprint density at radius 2 is 2.00 bits per heavy atom. The SMILES string of the molecule is CC1(C)[C@H](N)[C@H]1C12CCC[C@H]1OCC2. The molecule has 1 heterocycles. The summed E-state index contributed by atoms with van der Waals surface area (Å²) < 4.78 is 5.87. The van der Waals surface area contributed by atoms with Crippen molar-refractivity contribution in [3.8, 4) is 0 Å². The Morgan fingerprint density at radius 1 is 1.29 bits per heavy atom. The zero-order valence-electron chi connectivity index (χ0n) is 9.25. The Hall–Kier alpha value is -0.0800. The Balaban J connectivity index is 1.90. The molecule has 0 radical (unpaired) electrons. The largest absolute Gasteiger partial charge is 0.378 e. The third kappa shape index (κ3) is 0.892. The van der Waals surface area contributed by atoms with E-state index in [0.717, 1.165) is 12.5 Å². The molecule has 4 atom stereocenters. The van der Waals surface area contributed by atoms with Crippen molar-refractivity contribution in [3.05, 3.63) is 0 Å². The van der Waals surface area contributed by atoms with Gasteiger partial charge in [0, 0.05) is 18.1 Å². The molecule has 2 nitrogen and oxygen atoms in total. The zero-order valence-corrected chi connectivity index (χ0v) is 9.25. The molecule has 80 valence electrons. The van der Waals surface area contributed by atoms with E-state index in [1.807, 2.05) is 0 Å². The van der Waals surface area contributed by atoms with E-state index in [1.165, 1.54) is 25.7 Å². The highest BCUT2D eigenvalue weighted by Gasteiger charge is 2.68. The number of hydrogen-bond donors (Lipinski definition) is 1. The minimum Gasteiger partial charge on any atom is -0.378 e. The van der Waals surface area contributed by atoms with Gasteiger partial charge in [0.05, 0.1) is 6.10 Å². The molecule has 1 unspecified atom stereocenters. The minimum atomic E-state index is 0.371. The molecule has 0 aromatic rings. The third-order valence-electron chi connectivity index (χ3n) is 5.17. The van der Waals surface area contributed by atoms with Gasteiger partial charge in [0.2, 0.25) is 0 Å². The first-order valence-corrected chi connectivity index (χ1v) is 5.96. The fraction of sp³-hybridized carbons (Fsp3) is 1.00. The number of fused-ring (bicyclic) bond motifs is 1. The van der Waals surface area contributed by atoms with Crippen LogP contribution in [0, 0.1) is 16.7 Å². The monoisotopic (exact) mass is 195 g/mol. The molecule has 3 rings (SSSR count). The van der Waals surface area contributed by atoms with Gasteiger partial charge < -0.3 is 10.5 Å². The van der Waals surface area contributed by atoms with Crippen LogP contribution in [0.15, 0.2) is 0 Å². The fourth-order valence-corrected chi connectivity index (χ4v) is 4.28. The fourth-order valence-electron chi connectivity index (χ4n) is 4.28. The van der Waals surface area contributed by atoms with E-state index in [0.29, 0.717) is 23.0 Å². The van der Waals surface area contributed by atoms with Gasteiger partial charge in [0.1, 0.15) is 0 Å². The van der Waals surface area contributed by atoms with E-state index in [2.05, 4.69) is 13.8 Å². The summed E-state index contributed by atoms with van der Waals surface area (Å²) >= 11 is 0. The maximum atomic E-state index is 6.22. The van der Waals surface area contributed by atoms with Crippen LogP contribution in [0.25, 0.3) is 0 Å². The second-order valence-electron chi connectivity index (χ2n) is 6.06. The predicted molar refractivity (Wildman–Crippen MR) is 55.9 cm³/mol. The molecule has 0 aromatic heterocycles. The van der Waals surface area contributed by atoms with E-state index in [9.17, 15) is 0 Å². The second-order valence-corrected chi connectivity index (χ2v) is 6.06. The van der Waals surface area contributed by atoms with Gasteiger partial charge in [-0.2, -0.15) is 0 Å². The normalized spacial score (nSPS) is 54.6. The van der Waals surface area contributed by atoms with E-state index in [4.69, 9.17) is 10.5 Å².